The summed E-state index contributed by atoms with van der Waals surface area (Å²) in [6.45, 7) is 0. The van der Waals surface area contributed by atoms with Crippen molar-refractivity contribution in [2.75, 3.05) is 4.72 Å². The molecule has 0 unspecified atom stereocenters. The van der Waals surface area contributed by atoms with Gasteiger partial charge in [0, 0.05) is 0 Å². The van der Waals surface area contributed by atoms with Crippen LogP contribution in [0.15, 0.2) is 24.3 Å². The van der Waals surface area contributed by atoms with E-state index in [2.05, 4.69) is 0 Å². The molecule has 0 amide bonds. The highest BCUT2D eigenvalue weighted by Crippen LogP contribution is 2.26. The number of hydrogen-bond acceptors (Lipinski definition) is 2. The molecule has 0 aliphatic rings. The Morgan fingerprint density at radius 2 is 1.67 bits per heavy atom. The van der Waals surface area contributed by atoms with Crippen molar-refractivity contribution in [3.05, 3.63) is 30.1 Å². The zero-order chi connectivity index (χ0) is 11.7. The van der Waals surface area contributed by atoms with E-state index in [1.54, 1.807) is 0 Å². The lowest BCUT2D eigenvalue weighted by Gasteiger charge is -2.10. The van der Waals surface area contributed by atoms with E-state index in [4.69, 9.17) is 0 Å². The van der Waals surface area contributed by atoms with Crippen molar-refractivity contribution in [1.82, 2.24) is 0 Å². The van der Waals surface area contributed by atoms with E-state index < -0.39 is 27.0 Å². The van der Waals surface area contributed by atoms with Gasteiger partial charge in [-0.1, -0.05) is 12.1 Å². The van der Waals surface area contributed by atoms with E-state index in [1.807, 2.05) is 0 Å². The molecule has 0 saturated carbocycles. The van der Waals surface area contributed by atoms with Crippen LogP contribution in [-0.4, -0.2) is 13.9 Å². The molecule has 0 radical (unpaired) electrons. The van der Waals surface area contributed by atoms with E-state index in [0.29, 0.717) is 0 Å². The van der Waals surface area contributed by atoms with Crippen LogP contribution in [0.3, 0.4) is 0 Å². The molecule has 0 bridgehead atoms. The molecule has 15 heavy (non-hydrogen) atoms. The maximum Gasteiger partial charge on any atom is 0.516 e. The smallest absolute Gasteiger partial charge is 0.273 e. The van der Waals surface area contributed by atoms with Gasteiger partial charge in [0.2, 0.25) is 0 Å². The Morgan fingerprint density at radius 3 is 2.13 bits per heavy atom. The van der Waals surface area contributed by atoms with Crippen LogP contribution in [0.1, 0.15) is 0 Å². The third-order valence-electron chi connectivity index (χ3n) is 1.42. The van der Waals surface area contributed by atoms with Crippen molar-refractivity contribution in [2.45, 2.75) is 5.51 Å². The van der Waals surface area contributed by atoms with E-state index in [1.165, 1.54) is 12.1 Å². The molecule has 1 rings (SSSR count). The van der Waals surface area contributed by atoms with Crippen molar-refractivity contribution in [2.24, 2.45) is 0 Å². The Labute approximate surface area is 82.8 Å². The number of hydrogen-bond donors (Lipinski definition) is 1. The van der Waals surface area contributed by atoms with Crippen LogP contribution in [0, 0.1) is 5.82 Å². The van der Waals surface area contributed by atoms with Gasteiger partial charge in [-0.05, 0) is 12.1 Å². The molecule has 0 fully saturated rings. The average molecular weight is 243 g/mol. The minimum Gasteiger partial charge on any atom is -0.273 e. The average Bonchev–Trinajstić information content (AvgIpc) is 2.06. The highest BCUT2D eigenvalue weighted by Gasteiger charge is 2.46. The van der Waals surface area contributed by atoms with Gasteiger partial charge in [-0.3, -0.25) is 4.72 Å². The Kier molecular flexibility index (Phi) is 2.89. The maximum atomic E-state index is 12.8. The molecular formula is C7H5F4NO2S. The summed E-state index contributed by atoms with van der Waals surface area (Å²) in [7, 11) is -5.56. The van der Waals surface area contributed by atoms with Crippen molar-refractivity contribution in [3.63, 3.8) is 0 Å². The van der Waals surface area contributed by atoms with Gasteiger partial charge in [-0.25, -0.2) is 4.39 Å². The lowest BCUT2D eigenvalue weighted by molar-refractivity contribution is -0.0429. The molecule has 1 N–H and O–H groups in total. The molecule has 0 spiro atoms. The first-order valence-corrected chi connectivity index (χ1v) is 5.06. The number of nitrogens with one attached hydrogen (secondary N) is 1. The highest BCUT2D eigenvalue weighted by atomic mass is 32.2. The summed E-state index contributed by atoms with van der Waals surface area (Å²) < 4.78 is 70.7. The van der Waals surface area contributed by atoms with Crippen molar-refractivity contribution in [1.29, 1.82) is 0 Å². The van der Waals surface area contributed by atoms with Gasteiger partial charge >= 0.3 is 15.5 Å². The topological polar surface area (TPSA) is 46.2 Å². The monoisotopic (exact) mass is 243 g/mol. The molecule has 84 valence electrons. The Morgan fingerprint density at radius 1 is 1.13 bits per heavy atom. The highest BCUT2D eigenvalue weighted by molar-refractivity contribution is 7.93. The molecule has 0 heterocycles. The number of sulfonamides is 1. The first kappa shape index (κ1) is 11.8. The van der Waals surface area contributed by atoms with E-state index >= 15 is 0 Å². The van der Waals surface area contributed by atoms with Crippen LogP contribution in [-0.2, 0) is 10.0 Å². The molecule has 0 atom stereocenters. The standard InChI is InChI=1S/C7H5F4NO2S/c8-5-3-1-2-4-6(5)12-15(13,14)7(9,10)11/h1-4,12H. The molecule has 1 aromatic carbocycles. The van der Waals surface area contributed by atoms with Crippen molar-refractivity contribution < 1.29 is 26.0 Å². The summed E-state index contributed by atoms with van der Waals surface area (Å²) in [5.41, 5.74) is -6.20. The lowest BCUT2D eigenvalue weighted by Crippen LogP contribution is -2.30. The van der Waals surface area contributed by atoms with Crippen LogP contribution in [0.4, 0.5) is 23.2 Å². The molecule has 1 aromatic rings. The number of anilines is 1. The first-order valence-electron chi connectivity index (χ1n) is 3.57. The predicted octanol–water partition coefficient (Wildman–Crippen LogP) is 2.09. The summed E-state index contributed by atoms with van der Waals surface area (Å²) in [6, 6.07) is 4.16. The van der Waals surface area contributed by atoms with Gasteiger partial charge in [-0.2, -0.15) is 21.6 Å². The van der Waals surface area contributed by atoms with Gasteiger partial charge in [0.05, 0.1) is 5.69 Å². The first-order chi connectivity index (χ1) is 6.74. The molecule has 0 aliphatic carbocycles. The fraction of sp³-hybridized carbons (Fsp3) is 0.143. The number of para-hydroxylation sites is 1. The van der Waals surface area contributed by atoms with Crippen LogP contribution >= 0.6 is 0 Å². The predicted molar refractivity (Wildman–Crippen MR) is 45.0 cm³/mol. The van der Waals surface area contributed by atoms with Gasteiger partial charge in [-0.15, -0.1) is 0 Å². The Balaban J connectivity index is 3.03. The van der Waals surface area contributed by atoms with Gasteiger partial charge in [0.25, 0.3) is 0 Å². The zero-order valence-electron chi connectivity index (χ0n) is 7.05. The quantitative estimate of drug-likeness (QED) is 0.808. The SMILES string of the molecule is O=S(=O)(Nc1ccccc1F)C(F)(F)F. The van der Waals surface area contributed by atoms with Crippen LogP contribution in [0.25, 0.3) is 0 Å². The van der Waals surface area contributed by atoms with Gasteiger partial charge < -0.3 is 0 Å². The maximum absolute atomic E-state index is 12.8. The van der Waals surface area contributed by atoms with Crippen LogP contribution in [0.2, 0.25) is 0 Å². The van der Waals surface area contributed by atoms with E-state index in [-0.39, 0.29) is 0 Å². The summed E-state index contributed by atoms with van der Waals surface area (Å²) in [5.74, 6) is -1.08. The van der Waals surface area contributed by atoms with Crippen LogP contribution in [0.5, 0.6) is 0 Å². The summed E-state index contributed by atoms with van der Waals surface area (Å²) in [4.78, 5) is 0. The Hall–Kier alpha value is -1.31. The van der Waals surface area contributed by atoms with Gasteiger partial charge in [0.15, 0.2) is 0 Å². The fourth-order valence-corrected chi connectivity index (χ4v) is 1.32. The van der Waals surface area contributed by atoms with E-state index in [0.717, 1.165) is 16.9 Å². The number of alkyl halides is 3. The summed E-state index contributed by atoms with van der Waals surface area (Å²) in [5, 5.41) is 0. The van der Waals surface area contributed by atoms with Crippen molar-refractivity contribution >= 4 is 15.7 Å². The molecule has 0 aliphatic heterocycles. The number of halogens is 4. The van der Waals surface area contributed by atoms with Crippen LogP contribution < -0.4 is 4.72 Å². The normalized spacial score (nSPS) is 12.5. The molecule has 3 nitrogen and oxygen atoms in total. The molecule has 8 heteroatoms. The van der Waals surface area contributed by atoms with Gasteiger partial charge in [0.1, 0.15) is 5.82 Å². The second-order valence-corrected chi connectivity index (χ2v) is 4.20. The molecular weight excluding hydrogens is 238 g/mol. The Bertz CT molecular complexity index is 454. The third-order valence-corrected chi connectivity index (χ3v) is 2.52. The summed E-state index contributed by atoms with van der Waals surface area (Å²) in [6.07, 6.45) is 0. The second-order valence-electron chi connectivity index (χ2n) is 2.53. The minimum absolute atomic E-state index is 0.741. The minimum atomic E-state index is -5.56. The zero-order valence-corrected chi connectivity index (χ0v) is 7.86. The number of rotatable bonds is 2. The largest absolute Gasteiger partial charge is 0.516 e. The second kappa shape index (κ2) is 3.69. The summed E-state index contributed by atoms with van der Waals surface area (Å²) >= 11 is 0. The van der Waals surface area contributed by atoms with E-state index in [9.17, 15) is 26.0 Å². The lowest BCUT2D eigenvalue weighted by atomic mass is 10.3. The third kappa shape index (κ3) is 2.58. The molecule has 0 aromatic heterocycles. The number of benzene rings is 1. The fourth-order valence-electron chi connectivity index (χ4n) is 0.747. The van der Waals surface area contributed by atoms with Crippen molar-refractivity contribution in [3.8, 4) is 0 Å². The molecule has 0 saturated heterocycles.